The maximum atomic E-state index is 11.2. The standard InChI is InChI=1S/C11H15NO5/c1-2-3-4-5-9(13)12-8(11(16)17)6-7-10(14)15/h2-5,8H,6-7H2,1H3,(H,12,13)(H,14,15)(H,16,17)/t8-/m0/s1. The molecular weight excluding hydrogens is 226 g/mol. The molecule has 0 aliphatic rings. The van der Waals surface area contributed by atoms with Gasteiger partial charge in [0.25, 0.3) is 0 Å². The average molecular weight is 241 g/mol. The van der Waals surface area contributed by atoms with Gasteiger partial charge in [-0.25, -0.2) is 4.79 Å². The molecule has 3 N–H and O–H groups in total. The number of hydrogen-bond donors (Lipinski definition) is 3. The molecule has 0 saturated carbocycles. The maximum Gasteiger partial charge on any atom is 0.326 e. The second-order valence-corrected chi connectivity index (χ2v) is 3.22. The Hall–Kier alpha value is -2.11. The van der Waals surface area contributed by atoms with E-state index in [2.05, 4.69) is 5.32 Å². The summed E-state index contributed by atoms with van der Waals surface area (Å²) >= 11 is 0. The number of allylic oxidation sites excluding steroid dienone is 3. The molecule has 1 amide bonds. The van der Waals surface area contributed by atoms with Gasteiger partial charge in [0.1, 0.15) is 6.04 Å². The van der Waals surface area contributed by atoms with Gasteiger partial charge in [0.05, 0.1) is 0 Å². The first kappa shape index (κ1) is 14.9. The van der Waals surface area contributed by atoms with Crippen molar-refractivity contribution >= 4 is 17.8 Å². The fraction of sp³-hybridized carbons (Fsp3) is 0.364. The van der Waals surface area contributed by atoms with Gasteiger partial charge in [-0.1, -0.05) is 18.2 Å². The quantitative estimate of drug-likeness (QED) is 0.446. The predicted octanol–water partition coefficient (Wildman–Crippen LogP) is 0.553. The number of rotatable bonds is 7. The summed E-state index contributed by atoms with van der Waals surface area (Å²) in [5, 5.41) is 19.4. The van der Waals surface area contributed by atoms with Crippen LogP contribution in [-0.2, 0) is 14.4 Å². The minimum atomic E-state index is -1.25. The Morgan fingerprint density at radius 1 is 1.24 bits per heavy atom. The zero-order chi connectivity index (χ0) is 13.3. The van der Waals surface area contributed by atoms with Crippen LogP contribution in [0.3, 0.4) is 0 Å². The van der Waals surface area contributed by atoms with Crippen molar-refractivity contribution in [3.05, 3.63) is 24.3 Å². The minimum Gasteiger partial charge on any atom is -0.481 e. The van der Waals surface area contributed by atoms with Gasteiger partial charge in [-0.3, -0.25) is 9.59 Å². The van der Waals surface area contributed by atoms with Crippen molar-refractivity contribution in [3.8, 4) is 0 Å². The van der Waals surface area contributed by atoms with Crippen LogP contribution in [0.5, 0.6) is 0 Å². The molecule has 0 bridgehead atoms. The summed E-state index contributed by atoms with van der Waals surface area (Å²) in [7, 11) is 0. The number of hydrogen-bond acceptors (Lipinski definition) is 3. The highest BCUT2D eigenvalue weighted by molar-refractivity contribution is 5.91. The van der Waals surface area contributed by atoms with E-state index in [1.54, 1.807) is 19.1 Å². The smallest absolute Gasteiger partial charge is 0.326 e. The second kappa shape index (κ2) is 8.09. The number of carbonyl (C=O) groups excluding carboxylic acids is 1. The van der Waals surface area contributed by atoms with E-state index >= 15 is 0 Å². The molecular formula is C11H15NO5. The van der Waals surface area contributed by atoms with Crippen LogP contribution in [0, 0.1) is 0 Å². The van der Waals surface area contributed by atoms with Crippen molar-refractivity contribution in [2.24, 2.45) is 0 Å². The highest BCUT2D eigenvalue weighted by Crippen LogP contribution is 1.98. The van der Waals surface area contributed by atoms with E-state index in [4.69, 9.17) is 10.2 Å². The SMILES string of the molecule is CC=CC=CC(=O)N[C@@H](CCC(=O)O)C(=O)O. The third kappa shape index (κ3) is 7.78. The molecule has 0 unspecified atom stereocenters. The molecule has 0 aromatic carbocycles. The highest BCUT2D eigenvalue weighted by atomic mass is 16.4. The lowest BCUT2D eigenvalue weighted by molar-refractivity contribution is -0.142. The monoisotopic (exact) mass is 241 g/mol. The summed E-state index contributed by atoms with van der Waals surface area (Å²) in [4.78, 5) is 32.3. The summed E-state index contributed by atoms with van der Waals surface area (Å²) < 4.78 is 0. The Balaban J connectivity index is 4.29. The van der Waals surface area contributed by atoms with Crippen LogP contribution in [0.4, 0.5) is 0 Å². The Kier molecular flexibility index (Phi) is 7.09. The van der Waals surface area contributed by atoms with E-state index in [9.17, 15) is 14.4 Å². The van der Waals surface area contributed by atoms with Crippen LogP contribution in [0.2, 0.25) is 0 Å². The normalized spacial score (nSPS) is 12.8. The number of nitrogens with one attached hydrogen (secondary N) is 1. The maximum absolute atomic E-state index is 11.2. The summed E-state index contributed by atoms with van der Waals surface area (Å²) in [5.41, 5.74) is 0. The van der Waals surface area contributed by atoms with E-state index in [1.165, 1.54) is 12.2 Å². The van der Waals surface area contributed by atoms with Crippen molar-refractivity contribution in [3.63, 3.8) is 0 Å². The molecule has 1 atom stereocenters. The minimum absolute atomic E-state index is 0.145. The van der Waals surface area contributed by atoms with Crippen LogP contribution < -0.4 is 5.32 Å². The molecule has 94 valence electrons. The van der Waals surface area contributed by atoms with E-state index in [0.717, 1.165) is 0 Å². The van der Waals surface area contributed by atoms with Gasteiger partial charge < -0.3 is 15.5 Å². The van der Waals surface area contributed by atoms with E-state index < -0.39 is 23.9 Å². The molecule has 6 heteroatoms. The fourth-order valence-electron chi connectivity index (χ4n) is 0.999. The molecule has 0 rings (SSSR count). The van der Waals surface area contributed by atoms with Gasteiger partial charge in [-0.05, 0) is 13.3 Å². The molecule has 6 nitrogen and oxygen atoms in total. The number of carboxylic acids is 2. The fourth-order valence-corrected chi connectivity index (χ4v) is 0.999. The Morgan fingerprint density at radius 3 is 2.35 bits per heavy atom. The molecule has 0 aromatic rings. The van der Waals surface area contributed by atoms with Crippen molar-refractivity contribution in [2.75, 3.05) is 0 Å². The molecule has 0 heterocycles. The molecule has 0 radical (unpaired) electrons. The van der Waals surface area contributed by atoms with E-state index in [-0.39, 0.29) is 12.8 Å². The first-order chi connectivity index (χ1) is 7.97. The zero-order valence-corrected chi connectivity index (χ0v) is 9.42. The van der Waals surface area contributed by atoms with Crippen LogP contribution in [0.15, 0.2) is 24.3 Å². The third-order valence-corrected chi connectivity index (χ3v) is 1.81. The Morgan fingerprint density at radius 2 is 1.88 bits per heavy atom. The largest absolute Gasteiger partial charge is 0.481 e. The topological polar surface area (TPSA) is 104 Å². The number of carbonyl (C=O) groups is 3. The van der Waals surface area contributed by atoms with Crippen molar-refractivity contribution in [2.45, 2.75) is 25.8 Å². The van der Waals surface area contributed by atoms with Crippen LogP contribution in [0.1, 0.15) is 19.8 Å². The lowest BCUT2D eigenvalue weighted by atomic mass is 10.1. The Bertz CT molecular complexity index is 346. The van der Waals surface area contributed by atoms with Crippen molar-refractivity contribution < 1.29 is 24.6 Å². The number of carboxylic acid groups (broad SMARTS) is 2. The molecule has 0 aromatic heterocycles. The van der Waals surface area contributed by atoms with E-state index in [0.29, 0.717) is 0 Å². The van der Waals surface area contributed by atoms with Crippen LogP contribution in [-0.4, -0.2) is 34.1 Å². The first-order valence-corrected chi connectivity index (χ1v) is 5.01. The molecule has 0 saturated heterocycles. The second-order valence-electron chi connectivity index (χ2n) is 3.22. The summed E-state index contributed by atoms with van der Waals surface area (Å²) in [5.74, 6) is -2.92. The van der Waals surface area contributed by atoms with Crippen molar-refractivity contribution in [1.29, 1.82) is 0 Å². The summed E-state index contributed by atoms with van der Waals surface area (Å²) in [6.45, 7) is 1.77. The van der Waals surface area contributed by atoms with Gasteiger partial charge in [0, 0.05) is 12.5 Å². The van der Waals surface area contributed by atoms with Crippen LogP contribution in [0.25, 0.3) is 0 Å². The van der Waals surface area contributed by atoms with Crippen LogP contribution >= 0.6 is 0 Å². The molecule has 0 aliphatic heterocycles. The number of amides is 1. The summed E-state index contributed by atoms with van der Waals surface area (Å²) in [6, 6.07) is -1.19. The molecule has 0 fully saturated rings. The summed E-state index contributed by atoms with van der Waals surface area (Å²) in [6.07, 6.45) is 5.52. The van der Waals surface area contributed by atoms with Gasteiger partial charge in [-0.2, -0.15) is 0 Å². The predicted molar refractivity (Wildman–Crippen MR) is 60.4 cm³/mol. The van der Waals surface area contributed by atoms with Gasteiger partial charge in [0.15, 0.2) is 0 Å². The highest BCUT2D eigenvalue weighted by Gasteiger charge is 2.19. The number of aliphatic carboxylic acids is 2. The lowest BCUT2D eigenvalue weighted by Gasteiger charge is -2.11. The third-order valence-electron chi connectivity index (χ3n) is 1.81. The Labute approximate surface area is 98.6 Å². The molecule has 17 heavy (non-hydrogen) atoms. The van der Waals surface area contributed by atoms with Gasteiger partial charge in [-0.15, -0.1) is 0 Å². The van der Waals surface area contributed by atoms with Gasteiger partial charge in [0.2, 0.25) is 5.91 Å². The zero-order valence-electron chi connectivity index (χ0n) is 9.42. The molecule has 0 spiro atoms. The van der Waals surface area contributed by atoms with E-state index in [1.807, 2.05) is 0 Å². The first-order valence-electron chi connectivity index (χ1n) is 5.01. The average Bonchev–Trinajstić information content (AvgIpc) is 2.23. The van der Waals surface area contributed by atoms with Crippen molar-refractivity contribution in [1.82, 2.24) is 5.32 Å². The van der Waals surface area contributed by atoms with Gasteiger partial charge >= 0.3 is 11.9 Å². The lowest BCUT2D eigenvalue weighted by Crippen LogP contribution is -2.40. The molecule has 0 aliphatic carbocycles.